The molecule has 106 valence electrons. The third-order valence-electron chi connectivity index (χ3n) is 3.14. The van der Waals surface area contributed by atoms with Gasteiger partial charge in [0.15, 0.2) is 5.89 Å². The molecule has 1 fully saturated rings. The molecule has 0 radical (unpaired) electrons. The zero-order chi connectivity index (χ0) is 14.0. The number of aromatic nitrogens is 1. The molecule has 1 aliphatic carbocycles. The van der Waals surface area contributed by atoms with Gasteiger partial charge in [-0.05, 0) is 47.0 Å². The Bertz CT molecular complexity index is 448. The summed E-state index contributed by atoms with van der Waals surface area (Å²) >= 11 is 0. The second-order valence-corrected chi connectivity index (χ2v) is 6.16. The smallest absolute Gasteiger partial charge is 0.407 e. The molecule has 19 heavy (non-hydrogen) atoms. The van der Waals surface area contributed by atoms with E-state index in [-0.39, 0.29) is 12.1 Å². The van der Waals surface area contributed by atoms with Crippen LogP contribution in [0.25, 0.3) is 0 Å². The van der Waals surface area contributed by atoms with E-state index >= 15 is 0 Å². The Kier molecular flexibility index (Phi) is 3.83. The van der Waals surface area contributed by atoms with Gasteiger partial charge in [0, 0.05) is 12.0 Å². The van der Waals surface area contributed by atoms with Crippen molar-refractivity contribution in [2.45, 2.75) is 64.5 Å². The van der Waals surface area contributed by atoms with Crippen molar-refractivity contribution in [1.29, 1.82) is 0 Å². The topological polar surface area (TPSA) is 64.4 Å². The van der Waals surface area contributed by atoms with Gasteiger partial charge in [0.1, 0.15) is 11.4 Å². The Labute approximate surface area is 113 Å². The number of ether oxygens (including phenoxy) is 1. The number of hydrogen-bond acceptors (Lipinski definition) is 4. The Morgan fingerprint density at radius 3 is 2.79 bits per heavy atom. The van der Waals surface area contributed by atoms with Crippen LogP contribution in [0.4, 0.5) is 4.79 Å². The van der Waals surface area contributed by atoms with Gasteiger partial charge in [0.2, 0.25) is 0 Å². The van der Waals surface area contributed by atoms with Crippen LogP contribution in [0, 0.1) is 6.92 Å². The number of aryl methyl sites for hydroxylation is 1. The highest BCUT2D eigenvalue weighted by Crippen LogP contribution is 2.34. The van der Waals surface area contributed by atoms with Gasteiger partial charge in [-0.25, -0.2) is 9.78 Å². The highest BCUT2D eigenvalue weighted by Gasteiger charge is 2.31. The summed E-state index contributed by atoms with van der Waals surface area (Å²) in [6, 6.07) is 0.145. The molecule has 1 aromatic rings. The van der Waals surface area contributed by atoms with E-state index in [1.165, 1.54) is 0 Å². The third-order valence-corrected chi connectivity index (χ3v) is 3.14. The predicted molar refractivity (Wildman–Crippen MR) is 71.0 cm³/mol. The van der Waals surface area contributed by atoms with Crippen LogP contribution in [0.15, 0.2) is 10.6 Å². The summed E-state index contributed by atoms with van der Waals surface area (Å²) in [5, 5.41) is 2.91. The molecule has 1 aromatic heterocycles. The second-order valence-electron chi connectivity index (χ2n) is 6.16. The number of alkyl carbamates (subject to hydrolysis) is 1. The summed E-state index contributed by atoms with van der Waals surface area (Å²) in [6.45, 7) is 7.47. The maximum Gasteiger partial charge on any atom is 0.407 e. The van der Waals surface area contributed by atoms with Crippen molar-refractivity contribution >= 4 is 6.09 Å². The fourth-order valence-electron chi connectivity index (χ4n) is 2.37. The van der Waals surface area contributed by atoms with E-state index in [0.717, 1.165) is 30.9 Å². The van der Waals surface area contributed by atoms with E-state index in [1.54, 1.807) is 6.20 Å². The number of nitrogens with one attached hydrogen (secondary N) is 1. The zero-order valence-electron chi connectivity index (χ0n) is 12.0. The Morgan fingerprint density at radius 1 is 1.47 bits per heavy atom. The number of carbonyl (C=O) groups is 1. The van der Waals surface area contributed by atoms with E-state index in [9.17, 15) is 4.79 Å². The lowest BCUT2D eigenvalue weighted by molar-refractivity contribution is 0.0505. The lowest BCUT2D eigenvalue weighted by atomic mass is 10.1. The van der Waals surface area contributed by atoms with Crippen LogP contribution < -0.4 is 5.32 Å². The summed E-state index contributed by atoms with van der Waals surface area (Å²) < 4.78 is 10.8. The Morgan fingerprint density at radius 2 is 2.21 bits per heavy atom. The Balaban J connectivity index is 1.84. The molecule has 0 unspecified atom stereocenters. The molecule has 2 rings (SSSR count). The number of oxazole rings is 1. The molecular weight excluding hydrogens is 244 g/mol. The van der Waals surface area contributed by atoms with Crippen LogP contribution in [0.5, 0.6) is 0 Å². The molecule has 0 saturated heterocycles. The molecule has 5 nitrogen and oxygen atoms in total. The second kappa shape index (κ2) is 5.23. The summed E-state index contributed by atoms with van der Waals surface area (Å²) in [6.07, 6.45) is 4.18. The molecule has 1 amide bonds. The molecule has 1 heterocycles. The zero-order valence-corrected chi connectivity index (χ0v) is 12.0. The maximum absolute atomic E-state index is 11.7. The van der Waals surface area contributed by atoms with Crippen LogP contribution in [0.2, 0.25) is 0 Å². The molecule has 0 aromatic carbocycles. The minimum atomic E-state index is -0.457. The molecule has 0 spiro atoms. The summed E-state index contributed by atoms with van der Waals surface area (Å²) in [7, 11) is 0. The van der Waals surface area contributed by atoms with Crippen LogP contribution in [0.1, 0.15) is 57.6 Å². The fourth-order valence-corrected chi connectivity index (χ4v) is 2.37. The molecule has 0 aliphatic heterocycles. The molecule has 2 atom stereocenters. The van der Waals surface area contributed by atoms with Crippen molar-refractivity contribution in [3.8, 4) is 0 Å². The first-order valence-electron chi connectivity index (χ1n) is 6.75. The van der Waals surface area contributed by atoms with Crippen molar-refractivity contribution in [1.82, 2.24) is 10.3 Å². The quantitative estimate of drug-likeness (QED) is 0.893. The standard InChI is InChI=1S/C14H22N2O3/c1-9-8-15-12(18-9)10-5-6-11(7-10)16-13(17)19-14(2,3)4/h8,10-11H,5-7H2,1-4H3,(H,16,17)/t10-,11+/m1/s1. The van der Waals surface area contributed by atoms with E-state index in [2.05, 4.69) is 10.3 Å². The average molecular weight is 266 g/mol. The first-order chi connectivity index (χ1) is 8.83. The minimum Gasteiger partial charge on any atom is -0.446 e. The highest BCUT2D eigenvalue weighted by atomic mass is 16.6. The van der Waals surface area contributed by atoms with E-state index in [0.29, 0.717) is 5.92 Å². The molecule has 5 heteroatoms. The summed E-state index contributed by atoms with van der Waals surface area (Å²) in [5.41, 5.74) is -0.457. The number of hydrogen-bond donors (Lipinski definition) is 1. The van der Waals surface area contributed by atoms with Crippen LogP contribution in [-0.4, -0.2) is 22.7 Å². The first kappa shape index (κ1) is 13.9. The fraction of sp³-hybridized carbons (Fsp3) is 0.714. The lowest BCUT2D eigenvalue weighted by Crippen LogP contribution is -2.37. The predicted octanol–water partition coefficient (Wildman–Crippen LogP) is 3.14. The normalized spacial score (nSPS) is 23.4. The van der Waals surface area contributed by atoms with Crippen molar-refractivity contribution in [3.63, 3.8) is 0 Å². The molecule has 1 N–H and O–H groups in total. The van der Waals surface area contributed by atoms with Gasteiger partial charge in [-0.3, -0.25) is 0 Å². The van der Waals surface area contributed by atoms with Gasteiger partial charge >= 0.3 is 6.09 Å². The number of carbonyl (C=O) groups excluding carboxylic acids is 1. The highest BCUT2D eigenvalue weighted by molar-refractivity contribution is 5.68. The molecule has 1 saturated carbocycles. The minimum absolute atomic E-state index is 0.145. The Hall–Kier alpha value is -1.52. The molecule has 1 aliphatic rings. The van der Waals surface area contributed by atoms with E-state index in [4.69, 9.17) is 9.15 Å². The van der Waals surface area contributed by atoms with E-state index in [1.807, 2.05) is 27.7 Å². The average Bonchev–Trinajstić information content (AvgIpc) is 2.83. The number of rotatable bonds is 2. The number of amides is 1. The van der Waals surface area contributed by atoms with Gasteiger partial charge in [-0.2, -0.15) is 0 Å². The van der Waals surface area contributed by atoms with Gasteiger partial charge in [0.25, 0.3) is 0 Å². The van der Waals surface area contributed by atoms with Gasteiger partial charge < -0.3 is 14.5 Å². The summed E-state index contributed by atoms with van der Waals surface area (Å²) in [4.78, 5) is 15.9. The van der Waals surface area contributed by atoms with E-state index < -0.39 is 5.60 Å². The van der Waals surface area contributed by atoms with Crippen LogP contribution in [0.3, 0.4) is 0 Å². The van der Waals surface area contributed by atoms with Crippen LogP contribution >= 0.6 is 0 Å². The van der Waals surface area contributed by atoms with Crippen molar-refractivity contribution < 1.29 is 13.9 Å². The van der Waals surface area contributed by atoms with Gasteiger partial charge in [-0.1, -0.05) is 0 Å². The lowest BCUT2D eigenvalue weighted by Gasteiger charge is -2.21. The van der Waals surface area contributed by atoms with Crippen molar-refractivity contribution in [3.05, 3.63) is 17.8 Å². The van der Waals surface area contributed by atoms with Crippen LogP contribution in [-0.2, 0) is 4.74 Å². The largest absolute Gasteiger partial charge is 0.446 e. The number of nitrogens with zero attached hydrogens (tertiary/aromatic N) is 1. The first-order valence-corrected chi connectivity index (χ1v) is 6.75. The van der Waals surface area contributed by atoms with Crippen molar-refractivity contribution in [2.75, 3.05) is 0 Å². The van der Waals surface area contributed by atoms with Crippen molar-refractivity contribution in [2.24, 2.45) is 0 Å². The SMILES string of the molecule is Cc1cnc([C@@H]2CC[C@H](NC(=O)OC(C)(C)C)C2)o1. The van der Waals surface area contributed by atoms with Gasteiger partial charge in [0.05, 0.1) is 6.20 Å². The molecule has 0 bridgehead atoms. The maximum atomic E-state index is 11.7. The van der Waals surface area contributed by atoms with Gasteiger partial charge in [-0.15, -0.1) is 0 Å². The monoisotopic (exact) mass is 266 g/mol. The molecular formula is C14H22N2O3. The third kappa shape index (κ3) is 3.98. The summed E-state index contributed by atoms with van der Waals surface area (Å²) in [5.74, 6) is 1.91.